The van der Waals surface area contributed by atoms with E-state index in [0.29, 0.717) is 0 Å². The third kappa shape index (κ3) is 5.34. The summed E-state index contributed by atoms with van der Waals surface area (Å²) in [7, 11) is -17.3. The van der Waals surface area contributed by atoms with Crippen LogP contribution in [0.3, 0.4) is 0 Å². The number of alkyl halides is 1. The number of nitrogens with two attached hydrogens (primary N) is 1. The zero-order valence-electron chi connectivity index (χ0n) is 16.2. The summed E-state index contributed by atoms with van der Waals surface area (Å²) in [5, 5.41) is 23.4. The topological polar surface area (TPSA) is 269 Å². The van der Waals surface area contributed by atoms with Crippen LogP contribution >= 0.6 is 23.5 Å². The number of hydrogen-bond acceptors (Lipinski definition) is 12. The molecule has 188 valence electrons. The fraction of sp³-hybridized carbons (Fsp3) is 0.417. The Bertz CT molecular complexity index is 1300. The minimum Gasteiger partial charge on any atom is -0.386 e. The largest absolute Gasteiger partial charge is 0.490 e. The third-order valence-corrected chi connectivity index (χ3v) is 8.09. The molecular weight excluding hydrogens is 537 g/mol. The number of aromatic nitrogens is 3. The van der Waals surface area contributed by atoms with Crippen molar-refractivity contribution in [2.75, 3.05) is 12.3 Å². The lowest BCUT2D eigenvalue weighted by Gasteiger charge is -2.25. The van der Waals surface area contributed by atoms with E-state index < -0.39 is 59.9 Å². The molecule has 17 nitrogen and oxygen atoms in total. The second-order valence-electron chi connectivity index (χ2n) is 6.62. The smallest absolute Gasteiger partial charge is 0.386 e. The SMILES string of the molecule is N#C[C@]1(COP(=O)(O)OP(=O)(O)OP(=O)(O)O)O[C@@H](c2cc(F)c3c(N)ncnn23)[C@H](F)[C@@H]1O. The number of nitrogen functional groups attached to an aromatic ring is 1. The highest BCUT2D eigenvalue weighted by molar-refractivity contribution is 7.66. The van der Waals surface area contributed by atoms with E-state index in [-0.39, 0.29) is 17.0 Å². The zero-order valence-corrected chi connectivity index (χ0v) is 18.8. The van der Waals surface area contributed by atoms with Crippen molar-refractivity contribution in [2.45, 2.75) is 24.0 Å². The van der Waals surface area contributed by atoms with Crippen LogP contribution in [0.1, 0.15) is 11.8 Å². The molecule has 0 aliphatic carbocycles. The molecule has 2 aromatic heterocycles. The van der Waals surface area contributed by atoms with Gasteiger partial charge in [0.05, 0.1) is 5.69 Å². The van der Waals surface area contributed by atoms with E-state index in [0.717, 1.165) is 16.9 Å². The zero-order chi connectivity index (χ0) is 25.7. The van der Waals surface area contributed by atoms with Crippen molar-refractivity contribution >= 4 is 34.8 Å². The summed E-state index contributed by atoms with van der Waals surface area (Å²) in [6.45, 7) is -1.48. The van der Waals surface area contributed by atoms with Gasteiger partial charge >= 0.3 is 23.5 Å². The van der Waals surface area contributed by atoms with Crippen LogP contribution < -0.4 is 5.73 Å². The number of aliphatic hydroxyl groups is 1. The van der Waals surface area contributed by atoms with Crippen molar-refractivity contribution in [3.8, 4) is 6.07 Å². The van der Waals surface area contributed by atoms with Crippen LogP contribution in [0.2, 0.25) is 0 Å². The van der Waals surface area contributed by atoms with Gasteiger partial charge in [0, 0.05) is 6.07 Å². The summed E-state index contributed by atoms with van der Waals surface area (Å²) >= 11 is 0. The van der Waals surface area contributed by atoms with E-state index >= 15 is 0 Å². The number of phosphoric ester groups is 1. The van der Waals surface area contributed by atoms with Crippen LogP contribution in [-0.4, -0.2) is 63.8 Å². The molecule has 1 aliphatic heterocycles. The molecule has 3 heterocycles. The number of nitriles is 1. The maximum absolute atomic E-state index is 14.9. The Morgan fingerprint density at radius 1 is 1.26 bits per heavy atom. The van der Waals surface area contributed by atoms with Crippen LogP contribution in [0, 0.1) is 17.1 Å². The number of halogens is 2. The Labute approximate surface area is 186 Å². The van der Waals surface area contributed by atoms with Gasteiger partial charge in [0.25, 0.3) is 0 Å². The van der Waals surface area contributed by atoms with Gasteiger partial charge in [0.2, 0.25) is 5.60 Å². The van der Waals surface area contributed by atoms with E-state index in [9.17, 15) is 37.7 Å². The summed E-state index contributed by atoms with van der Waals surface area (Å²) in [5.74, 6) is -1.33. The average Bonchev–Trinajstić information content (AvgIpc) is 3.14. The Morgan fingerprint density at radius 3 is 2.50 bits per heavy atom. The van der Waals surface area contributed by atoms with Crippen LogP contribution in [0.4, 0.5) is 14.6 Å². The van der Waals surface area contributed by atoms with E-state index in [1.807, 2.05) is 0 Å². The standard InChI is InChI=1S/C12H14F2N5O12P3/c13-5-1-6(19-8(5)11(16)17-4-18-19)9-7(14)10(20)12(2-15,29-9)3-28-33(24,25)31-34(26,27)30-32(21,22)23/h1,4,7,9-10,20H,3H2,(H,24,25)(H,26,27)(H2,16,17,18)(H2,21,22,23)/t7-,9-,10-,12+/m0/s1. The van der Waals surface area contributed by atoms with E-state index in [2.05, 4.69) is 23.2 Å². The van der Waals surface area contributed by atoms with Gasteiger partial charge in [-0.25, -0.2) is 32.0 Å². The van der Waals surface area contributed by atoms with Gasteiger partial charge < -0.3 is 35.2 Å². The highest BCUT2D eigenvalue weighted by atomic mass is 31.3. The Balaban J connectivity index is 1.85. The third-order valence-electron chi connectivity index (χ3n) is 4.31. The van der Waals surface area contributed by atoms with Crippen molar-refractivity contribution in [1.82, 2.24) is 14.6 Å². The lowest BCUT2D eigenvalue weighted by molar-refractivity contribution is -0.0729. The Morgan fingerprint density at radius 2 is 1.91 bits per heavy atom. The number of anilines is 1. The molecule has 7 N–H and O–H groups in total. The molecule has 2 unspecified atom stereocenters. The summed E-state index contributed by atoms with van der Waals surface area (Å²) in [6.07, 6.45) is -5.84. The molecule has 22 heteroatoms. The van der Waals surface area contributed by atoms with Gasteiger partial charge in [-0.1, -0.05) is 0 Å². The van der Waals surface area contributed by atoms with Gasteiger partial charge in [-0.05, 0) is 0 Å². The fourth-order valence-corrected chi connectivity index (χ4v) is 6.03. The van der Waals surface area contributed by atoms with Gasteiger partial charge in [-0.2, -0.15) is 19.0 Å². The molecule has 6 atom stereocenters. The molecule has 1 aliphatic rings. The number of nitrogens with zero attached hydrogens (tertiary/aromatic N) is 4. The van der Waals surface area contributed by atoms with Gasteiger partial charge in [-0.3, -0.25) is 4.52 Å². The van der Waals surface area contributed by atoms with E-state index in [1.54, 1.807) is 0 Å². The first kappa shape index (κ1) is 26.7. The van der Waals surface area contributed by atoms with Crippen molar-refractivity contribution in [3.63, 3.8) is 0 Å². The number of ether oxygens (including phenoxy) is 1. The monoisotopic (exact) mass is 551 g/mol. The van der Waals surface area contributed by atoms with Crippen LogP contribution in [0.25, 0.3) is 5.52 Å². The van der Waals surface area contributed by atoms with Gasteiger partial charge in [-0.15, -0.1) is 0 Å². The molecule has 1 saturated heterocycles. The highest BCUT2D eigenvalue weighted by Gasteiger charge is 2.58. The van der Waals surface area contributed by atoms with Crippen molar-refractivity contribution in [1.29, 1.82) is 5.26 Å². The quantitative estimate of drug-likeness (QED) is 0.232. The normalized spacial score (nSPS) is 28.9. The van der Waals surface area contributed by atoms with Crippen LogP contribution in [0.15, 0.2) is 12.4 Å². The molecule has 0 radical (unpaired) electrons. The summed E-state index contributed by atoms with van der Waals surface area (Å²) < 4.78 is 80.4. The van der Waals surface area contributed by atoms with Crippen LogP contribution in [0.5, 0.6) is 0 Å². The molecule has 0 bridgehead atoms. The lowest BCUT2D eigenvalue weighted by atomic mass is 9.97. The molecule has 0 saturated carbocycles. The Kier molecular flexibility index (Phi) is 7.03. The molecule has 2 aromatic rings. The molecule has 0 spiro atoms. The van der Waals surface area contributed by atoms with Crippen molar-refractivity contribution < 1.29 is 65.0 Å². The number of fused-ring (bicyclic) bond motifs is 1. The second kappa shape index (κ2) is 8.95. The first-order valence-corrected chi connectivity index (χ1v) is 13.0. The first-order chi connectivity index (χ1) is 15.5. The molecular formula is C12H14F2N5O12P3. The summed E-state index contributed by atoms with van der Waals surface area (Å²) in [6, 6.07) is 2.06. The van der Waals surface area contributed by atoms with E-state index in [1.165, 1.54) is 6.07 Å². The fourth-order valence-electron chi connectivity index (χ4n) is 2.98. The van der Waals surface area contributed by atoms with Crippen molar-refractivity contribution in [2.24, 2.45) is 0 Å². The molecule has 3 rings (SSSR count). The number of hydrogen-bond donors (Lipinski definition) is 6. The van der Waals surface area contributed by atoms with Gasteiger partial charge in [0.15, 0.2) is 17.8 Å². The predicted octanol–water partition coefficient (Wildman–Crippen LogP) is -0.173. The lowest BCUT2D eigenvalue weighted by Crippen LogP contribution is -2.44. The van der Waals surface area contributed by atoms with Gasteiger partial charge in [0.1, 0.15) is 36.7 Å². The predicted molar refractivity (Wildman–Crippen MR) is 100 cm³/mol. The Hall–Kier alpha value is -1.90. The minimum atomic E-state index is -5.88. The first-order valence-electron chi connectivity index (χ1n) is 8.48. The number of aliphatic hydroxyl groups excluding tert-OH is 1. The van der Waals surface area contributed by atoms with E-state index in [4.69, 9.17) is 25.2 Å². The maximum Gasteiger partial charge on any atom is 0.490 e. The summed E-state index contributed by atoms with van der Waals surface area (Å²) in [5.41, 5.74) is 2.05. The maximum atomic E-state index is 14.9. The average molecular weight is 551 g/mol. The molecule has 1 fully saturated rings. The summed E-state index contributed by atoms with van der Waals surface area (Å²) in [4.78, 5) is 39.3. The molecule has 0 amide bonds. The molecule has 34 heavy (non-hydrogen) atoms. The minimum absolute atomic E-state index is 0.327. The highest BCUT2D eigenvalue weighted by Crippen LogP contribution is 2.66. The molecule has 0 aromatic carbocycles. The second-order valence-corrected chi connectivity index (χ2v) is 11.0. The van der Waals surface area contributed by atoms with Crippen molar-refractivity contribution in [3.05, 3.63) is 23.9 Å². The van der Waals surface area contributed by atoms with Crippen LogP contribution in [-0.2, 0) is 31.6 Å². The number of phosphoric acid groups is 3. The number of rotatable bonds is 8.